The predicted molar refractivity (Wildman–Crippen MR) is 129 cm³/mol. The Balaban J connectivity index is 1.44. The van der Waals surface area contributed by atoms with Crippen molar-refractivity contribution >= 4 is 35.0 Å². The lowest BCUT2D eigenvalue weighted by Crippen LogP contribution is -2.37. The molecule has 2 aromatic heterocycles. The highest BCUT2D eigenvalue weighted by atomic mass is 32.1. The second-order valence-corrected chi connectivity index (χ2v) is 8.93. The summed E-state index contributed by atoms with van der Waals surface area (Å²) in [6.07, 6.45) is 5.83. The average Bonchev–Trinajstić information content (AvgIpc) is 3.33. The zero-order valence-corrected chi connectivity index (χ0v) is 19.4. The van der Waals surface area contributed by atoms with E-state index in [4.69, 9.17) is 0 Å². The van der Waals surface area contributed by atoms with Crippen molar-refractivity contribution in [2.24, 2.45) is 0 Å². The quantitative estimate of drug-likeness (QED) is 0.443. The monoisotopic (exact) mass is 459 g/mol. The number of fused-ring (bicyclic) bond motifs is 1. The van der Waals surface area contributed by atoms with Gasteiger partial charge < -0.3 is 10.2 Å². The molecule has 1 aliphatic rings. The molecule has 0 spiro atoms. The Morgan fingerprint density at radius 2 is 2.00 bits per heavy atom. The molecule has 0 fully saturated rings. The summed E-state index contributed by atoms with van der Waals surface area (Å²) in [7, 11) is 0. The Kier molecular flexibility index (Phi) is 6.79. The third-order valence-corrected chi connectivity index (χ3v) is 6.77. The summed E-state index contributed by atoms with van der Waals surface area (Å²) in [6, 6.07) is 11.3. The number of nitrogens with one attached hydrogen (secondary N) is 1. The second kappa shape index (κ2) is 9.92. The standard InChI is InChI=1S/C26H25N3O3S/c1-17-23(14-28-25(31)9-8-19-6-4-3-5-7-19)22-10-11-29(15-21(22)13-27-17)26(32)20-12-24(18(2)30)33-16-20/h3-9,12-13,16H,10-11,14-15H2,1-2H3,(H,28,31). The third-order valence-electron chi connectivity index (χ3n) is 5.74. The molecule has 0 radical (unpaired) electrons. The zero-order valence-electron chi connectivity index (χ0n) is 18.6. The van der Waals surface area contributed by atoms with E-state index in [1.165, 1.54) is 24.3 Å². The van der Waals surface area contributed by atoms with Gasteiger partial charge in [0, 0.05) is 43.0 Å². The van der Waals surface area contributed by atoms with E-state index in [0.717, 1.165) is 27.9 Å². The number of pyridine rings is 1. The fraction of sp³-hybridized carbons (Fsp3) is 0.231. The van der Waals surface area contributed by atoms with Crippen molar-refractivity contribution in [2.75, 3.05) is 6.54 Å². The largest absolute Gasteiger partial charge is 0.348 e. The number of benzene rings is 1. The van der Waals surface area contributed by atoms with Gasteiger partial charge in [-0.1, -0.05) is 30.3 Å². The summed E-state index contributed by atoms with van der Waals surface area (Å²) in [5, 5.41) is 4.70. The van der Waals surface area contributed by atoms with Crippen LogP contribution in [0.15, 0.2) is 54.1 Å². The highest BCUT2D eigenvalue weighted by Crippen LogP contribution is 2.26. The molecule has 0 atom stereocenters. The molecule has 168 valence electrons. The Bertz CT molecular complexity index is 1230. The number of carbonyl (C=O) groups excluding carboxylic acids is 3. The summed E-state index contributed by atoms with van der Waals surface area (Å²) in [5.74, 6) is -0.277. The molecule has 0 unspecified atom stereocenters. The fourth-order valence-corrected chi connectivity index (χ4v) is 4.70. The SMILES string of the molecule is CC(=O)c1cc(C(=O)N2CCc3c(cnc(C)c3CNC(=O)C=Cc3ccccc3)C2)cs1. The van der Waals surface area contributed by atoms with Gasteiger partial charge in [0.05, 0.1) is 10.4 Å². The van der Waals surface area contributed by atoms with Gasteiger partial charge in [-0.15, -0.1) is 11.3 Å². The van der Waals surface area contributed by atoms with Crippen LogP contribution in [-0.4, -0.2) is 34.0 Å². The third kappa shape index (κ3) is 5.26. The molecule has 1 aromatic carbocycles. The van der Waals surface area contributed by atoms with E-state index in [0.29, 0.717) is 36.5 Å². The first-order valence-corrected chi connectivity index (χ1v) is 11.7. The maximum absolute atomic E-state index is 12.9. The van der Waals surface area contributed by atoms with Crippen LogP contribution in [0.25, 0.3) is 6.08 Å². The molecule has 33 heavy (non-hydrogen) atoms. The van der Waals surface area contributed by atoms with Crippen molar-refractivity contribution in [3.63, 3.8) is 0 Å². The lowest BCUT2D eigenvalue weighted by molar-refractivity contribution is -0.116. The van der Waals surface area contributed by atoms with Crippen molar-refractivity contribution in [1.82, 2.24) is 15.2 Å². The number of thiophene rings is 1. The van der Waals surface area contributed by atoms with Crippen LogP contribution >= 0.6 is 11.3 Å². The first-order valence-electron chi connectivity index (χ1n) is 10.8. The van der Waals surface area contributed by atoms with Crippen molar-refractivity contribution in [3.8, 4) is 0 Å². The lowest BCUT2D eigenvalue weighted by atomic mass is 9.94. The lowest BCUT2D eigenvalue weighted by Gasteiger charge is -2.30. The van der Waals surface area contributed by atoms with Crippen LogP contribution in [-0.2, 0) is 24.3 Å². The van der Waals surface area contributed by atoms with Crippen molar-refractivity contribution in [3.05, 3.63) is 92.4 Å². The minimum atomic E-state index is -0.165. The summed E-state index contributed by atoms with van der Waals surface area (Å²) >= 11 is 1.30. The van der Waals surface area contributed by atoms with E-state index in [1.54, 1.807) is 22.4 Å². The van der Waals surface area contributed by atoms with Crippen LogP contribution in [0.4, 0.5) is 0 Å². The van der Waals surface area contributed by atoms with Gasteiger partial charge in [-0.05, 0) is 54.7 Å². The Labute approximate surface area is 197 Å². The van der Waals surface area contributed by atoms with Crippen LogP contribution in [0.3, 0.4) is 0 Å². The van der Waals surface area contributed by atoms with Crippen molar-refractivity contribution in [2.45, 2.75) is 33.4 Å². The molecule has 6 nitrogen and oxygen atoms in total. The highest BCUT2D eigenvalue weighted by molar-refractivity contribution is 7.12. The van der Waals surface area contributed by atoms with Crippen LogP contribution < -0.4 is 5.32 Å². The molecular weight excluding hydrogens is 434 g/mol. The Morgan fingerprint density at radius 1 is 1.21 bits per heavy atom. The summed E-state index contributed by atoms with van der Waals surface area (Å²) < 4.78 is 0. The average molecular weight is 460 g/mol. The number of aromatic nitrogens is 1. The molecule has 1 N–H and O–H groups in total. The summed E-state index contributed by atoms with van der Waals surface area (Å²) in [4.78, 5) is 43.7. The van der Waals surface area contributed by atoms with Crippen molar-refractivity contribution in [1.29, 1.82) is 0 Å². The van der Waals surface area contributed by atoms with E-state index < -0.39 is 0 Å². The number of hydrogen-bond acceptors (Lipinski definition) is 5. The van der Waals surface area contributed by atoms with Crippen LogP contribution in [0.2, 0.25) is 0 Å². The molecule has 0 bridgehead atoms. The molecule has 3 heterocycles. The molecule has 0 saturated carbocycles. The van der Waals surface area contributed by atoms with Gasteiger partial charge in [0.15, 0.2) is 5.78 Å². The van der Waals surface area contributed by atoms with E-state index in [-0.39, 0.29) is 17.6 Å². The van der Waals surface area contributed by atoms with E-state index >= 15 is 0 Å². The van der Waals surface area contributed by atoms with Crippen LogP contribution in [0.1, 0.15) is 54.9 Å². The molecule has 4 rings (SSSR count). The van der Waals surface area contributed by atoms with Crippen LogP contribution in [0.5, 0.6) is 0 Å². The highest BCUT2D eigenvalue weighted by Gasteiger charge is 2.25. The number of rotatable bonds is 6. The van der Waals surface area contributed by atoms with Gasteiger partial charge in [-0.25, -0.2) is 0 Å². The molecule has 2 amide bonds. The maximum atomic E-state index is 12.9. The summed E-state index contributed by atoms with van der Waals surface area (Å²) in [6.45, 7) is 4.87. The van der Waals surface area contributed by atoms with Gasteiger partial charge in [0.2, 0.25) is 5.91 Å². The topological polar surface area (TPSA) is 79.4 Å². The summed E-state index contributed by atoms with van der Waals surface area (Å²) in [5.41, 5.74) is 5.54. The molecule has 1 aliphatic heterocycles. The van der Waals surface area contributed by atoms with Gasteiger partial charge >= 0.3 is 0 Å². The number of ketones is 1. The van der Waals surface area contributed by atoms with E-state index in [2.05, 4.69) is 10.3 Å². The number of nitrogens with zero attached hydrogens (tertiary/aromatic N) is 2. The molecule has 7 heteroatoms. The van der Waals surface area contributed by atoms with Crippen LogP contribution in [0, 0.1) is 6.92 Å². The maximum Gasteiger partial charge on any atom is 0.255 e. The molecule has 3 aromatic rings. The van der Waals surface area contributed by atoms with Crippen molar-refractivity contribution < 1.29 is 14.4 Å². The zero-order chi connectivity index (χ0) is 23.4. The number of carbonyl (C=O) groups is 3. The number of Topliss-reactive ketones (excluding diaryl/α,β-unsaturated/α-hetero) is 1. The van der Waals surface area contributed by atoms with E-state index in [9.17, 15) is 14.4 Å². The van der Waals surface area contributed by atoms with E-state index in [1.807, 2.05) is 43.5 Å². The molecule has 0 saturated heterocycles. The molecule has 0 aliphatic carbocycles. The number of aryl methyl sites for hydroxylation is 1. The normalized spacial score (nSPS) is 13.1. The fourth-order valence-electron chi connectivity index (χ4n) is 3.92. The minimum Gasteiger partial charge on any atom is -0.348 e. The molecular formula is C26H25N3O3S. The first kappa shape index (κ1) is 22.6. The minimum absolute atomic E-state index is 0.0342. The number of hydrogen-bond donors (Lipinski definition) is 1. The van der Waals surface area contributed by atoms with Gasteiger partial charge in [0.25, 0.3) is 5.91 Å². The van der Waals surface area contributed by atoms with Gasteiger partial charge in [0.1, 0.15) is 0 Å². The first-order chi connectivity index (χ1) is 15.9. The smallest absolute Gasteiger partial charge is 0.255 e. The van der Waals surface area contributed by atoms with Gasteiger partial charge in [-0.3, -0.25) is 19.4 Å². The van der Waals surface area contributed by atoms with Gasteiger partial charge in [-0.2, -0.15) is 0 Å². The Hall–Kier alpha value is -3.58. The second-order valence-electron chi connectivity index (χ2n) is 8.02. The predicted octanol–water partition coefficient (Wildman–Crippen LogP) is 4.18. The number of amides is 2. The Morgan fingerprint density at radius 3 is 2.73 bits per heavy atom.